The second-order valence-electron chi connectivity index (χ2n) is 5.81. The Morgan fingerprint density at radius 1 is 1.38 bits per heavy atom. The summed E-state index contributed by atoms with van der Waals surface area (Å²) in [7, 11) is 0. The zero-order valence-electron chi connectivity index (χ0n) is 12.5. The van der Waals surface area contributed by atoms with Crippen LogP contribution in [0, 0.1) is 0 Å². The summed E-state index contributed by atoms with van der Waals surface area (Å²) in [5.41, 5.74) is 1.83. The standard InChI is InChI=1S/C16H23N3O2/c1-2-7-19-8-5-12(6-9-19)17-13-3-4-14-15(10-13)21-11-16(20)18-14/h3-4,10,12,17H,2,5-9,11H2,1H3,(H,18,20). The molecule has 1 aromatic rings. The fraction of sp³-hybridized carbons (Fsp3) is 0.562. The lowest BCUT2D eigenvalue weighted by atomic mass is 10.0. The number of hydrogen-bond donors (Lipinski definition) is 2. The summed E-state index contributed by atoms with van der Waals surface area (Å²) in [6, 6.07) is 6.41. The van der Waals surface area contributed by atoms with E-state index in [0.717, 1.165) is 17.1 Å². The summed E-state index contributed by atoms with van der Waals surface area (Å²) in [6.45, 7) is 5.88. The molecule has 2 heterocycles. The summed E-state index contributed by atoms with van der Waals surface area (Å²) in [6.07, 6.45) is 3.58. The van der Waals surface area contributed by atoms with Crippen molar-refractivity contribution in [2.45, 2.75) is 32.2 Å². The third kappa shape index (κ3) is 3.47. The van der Waals surface area contributed by atoms with Crippen LogP contribution in [0.3, 0.4) is 0 Å². The zero-order chi connectivity index (χ0) is 14.7. The van der Waals surface area contributed by atoms with Gasteiger partial charge in [-0.3, -0.25) is 4.79 Å². The maximum absolute atomic E-state index is 11.3. The number of carbonyl (C=O) groups is 1. The first-order valence-electron chi connectivity index (χ1n) is 7.80. The number of carbonyl (C=O) groups excluding carboxylic acids is 1. The SMILES string of the molecule is CCCN1CCC(Nc2ccc3c(c2)OCC(=O)N3)CC1. The maximum Gasteiger partial charge on any atom is 0.262 e. The molecule has 0 saturated carbocycles. The molecular formula is C16H23N3O2. The van der Waals surface area contributed by atoms with Crippen molar-refractivity contribution in [2.75, 3.05) is 36.9 Å². The van der Waals surface area contributed by atoms with Gasteiger partial charge in [0.1, 0.15) is 5.75 Å². The first-order chi connectivity index (χ1) is 10.2. The monoisotopic (exact) mass is 289 g/mol. The molecule has 0 bridgehead atoms. The lowest BCUT2D eigenvalue weighted by molar-refractivity contribution is -0.118. The molecule has 0 atom stereocenters. The molecule has 2 aliphatic heterocycles. The van der Waals surface area contributed by atoms with E-state index in [1.807, 2.05) is 18.2 Å². The molecule has 5 heteroatoms. The second kappa shape index (κ2) is 6.35. The van der Waals surface area contributed by atoms with Crippen LogP contribution in [0.5, 0.6) is 5.75 Å². The van der Waals surface area contributed by atoms with E-state index in [2.05, 4.69) is 22.5 Å². The van der Waals surface area contributed by atoms with E-state index >= 15 is 0 Å². The van der Waals surface area contributed by atoms with E-state index in [0.29, 0.717) is 6.04 Å². The molecule has 1 saturated heterocycles. The van der Waals surface area contributed by atoms with Crippen molar-refractivity contribution in [3.05, 3.63) is 18.2 Å². The predicted molar refractivity (Wildman–Crippen MR) is 83.9 cm³/mol. The van der Waals surface area contributed by atoms with Gasteiger partial charge < -0.3 is 20.3 Å². The van der Waals surface area contributed by atoms with E-state index in [-0.39, 0.29) is 12.5 Å². The van der Waals surface area contributed by atoms with Crippen molar-refractivity contribution in [2.24, 2.45) is 0 Å². The highest BCUT2D eigenvalue weighted by molar-refractivity contribution is 5.95. The first-order valence-corrected chi connectivity index (χ1v) is 7.80. The van der Waals surface area contributed by atoms with Gasteiger partial charge in [-0.25, -0.2) is 0 Å². The van der Waals surface area contributed by atoms with Crippen molar-refractivity contribution in [3.63, 3.8) is 0 Å². The summed E-state index contributed by atoms with van der Waals surface area (Å²) < 4.78 is 5.45. The molecule has 114 valence electrons. The van der Waals surface area contributed by atoms with Gasteiger partial charge in [0.2, 0.25) is 0 Å². The van der Waals surface area contributed by atoms with Crippen LogP contribution in [0.2, 0.25) is 0 Å². The molecule has 1 aromatic carbocycles. The van der Waals surface area contributed by atoms with E-state index in [1.54, 1.807) is 0 Å². The van der Waals surface area contributed by atoms with Gasteiger partial charge in [0.15, 0.2) is 6.61 Å². The third-order valence-corrected chi connectivity index (χ3v) is 4.11. The van der Waals surface area contributed by atoms with Crippen LogP contribution in [-0.4, -0.2) is 43.1 Å². The van der Waals surface area contributed by atoms with Gasteiger partial charge in [0.25, 0.3) is 5.91 Å². The van der Waals surface area contributed by atoms with Gasteiger partial charge in [0.05, 0.1) is 5.69 Å². The number of nitrogens with zero attached hydrogens (tertiary/aromatic N) is 1. The van der Waals surface area contributed by atoms with Gasteiger partial charge in [0, 0.05) is 30.9 Å². The molecule has 0 aromatic heterocycles. The van der Waals surface area contributed by atoms with Crippen molar-refractivity contribution >= 4 is 17.3 Å². The number of rotatable bonds is 4. The van der Waals surface area contributed by atoms with Gasteiger partial charge in [-0.15, -0.1) is 0 Å². The summed E-state index contributed by atoms with van der Waals surface area (Å²) >= 11 is 0. The summed E-state index contributed by atoms with van der Waals surface area (Å²) in [5.74, 6) is 0.662. The number of nitrogens with one attached hydrogen (secondary N) is 2. The zero-order valence-corrected chi connectivity index (χ0v) is 12.5. The Labute approximate surface area is 125 Å². The fourth-order valence-electron chi connectivity index (χ4n) is 3.02. The topological polar surface area (TPSA) is 53.6 Å². The van der Waals surface area contributed by atoms with Crippen LogP contribution in [0.25, 0.3) is 0 Å². The number of fused-ring (bicyclic) bond motifs is 1. The number of likely N-dealkylation sites (tertiary alicyclic amines) is 1. The lowest BCUT2D eigenvalue weighted by Crippen LogP contribution is -2.39. The Hall–Kier alpha value is -1.75. The molecule has 2 aliphatic rings. The van der Waals surface area contributed by atoms with E-state index in [4.69, 9.17) is 4.74 Å². The third-order valence-electron chi connectivity index (χ3n) is 4.11. The fourth-order valence-corrected chi connectivity index (χ4v) is 3.02. The average molecular weight is 289 g/mol. The Morgan fingerprint density at radius 2 is 2.19 bits per heavy atom. The van der Waals surface area contributed by atoms with Crippen LogP contribution in [0.1, 0.15) is 26.2 Å². The normalized spacial score (nSPS) is 19.6. The number of anilines is 2. The number of hydrogen-bond acceptors (Lipinski definition) is 4. The van der Waals surface area contributed by atoms with Crippen LogP contribution in [0.4, 0.5) is 11.4 Å². The second-order valence-corrected chi connectivity index (χ2v) is 5.81. The molecular weight excluding hydrogens is 266 g/mol. The molecule has 0 spiro atoms. The minimum atomic E-state index is -0.0912. The van der Waals surface area contributed by atoms with Crippen LogP contribution in [0.15, 0.2) is 18.2 Å². The molecule has 21 heavy (non-hydrogen) atoms. The minimum absolute atomic E-state index is 0.0912. The summed E-state index contributed by atoms with van der Waals surface area (Å²) in [4.78, 5) is 13.8. The van der Waals surface area contributed by atoms with Crippen LogP contribution >= 0.6 is 0 Å². The van der Waals surface area contributed by atoms with Crippen molar-refractivity contribution in [1.82, 2.24) is 4.90 Å². The predicted octanol–water partition coefficient (Wildman–Crippen LogP) is 2.30. The Morgan fingerprint density at radius 3 is 2.95 bits per heavy atom. The van der Waals surface area contributed by atoms with Gasteiger partial charge >= 0.3 is 0 Å². The highest BCUT2D eigenvalue weighted by atomic mass is 16.5. The number of ether oxygens (including phenoxy) is 1. The highest BCUT2D eigenvalue weighted by Crippen LogP contribution is 2.31. The van der Waals surface area contributed by atoms with Crippen molar-refractivity contribution < 1.29 is 9.53 Å². The van der Waals surface area contributed by atoms with Gasteiger partial charge in [-0.05, 0) is 37.9 Å². The smallest absolute Gasteiger partial charge is 0.262 e. The number of benzene rings is 1. The van der Waals surface area contributed by atoms with Crippen LogP contribution < -0.4 is 15.4 Å². The number of amides is 1. The molecule has 0 unspecified atom stereocenters. The molecule has 1 amide bonds. The molecule has 0 aliphatic carbocycles. The quantitative estimate of drug-likeness (QED) is 0.893. The Kier molecular flexibility index (Phi) is 4.29. The maximum atomic E-state index is 11.3. The van der Waals surface area contributed by atoms with Gasteiger partial charge in [-0.2, -0.15) is 0 Å². The van der Waals surface area contributed by atoms with Crippen molar-refractivity contribution in [1.29, 1.82) is 0 Å². The highest BCUT2D eigenvalue weighted by Gasteiger charge is 2.20. The van der Waals surface area contributed by atoms with E-state index in [1.165, 1.54) is 38.9 Å². The van der Waals surface area contributed by atoms with E-state index < -0.39 is 0 Å². The van der Waals surface area contributed by atoms with E-state index in [9.17, 15) is 4.79 Å². The minimum Gasteiger partial charge on any atom is -0.482 e. The Bertz CT molecular complexity index is 510. The van der Waals surface area contributed by atoms with Crippen molar-refractivity contribution in [3.8, 4) is 5.75 Å². The average Bonchev–Trinajstić information content (AvgIpc) is 2.50. The van der Waals surface area contributed by atoms with Crippen LogP contribution in [-0.2, 0) is 4.79 Å². The molecule has 3 rings (SSSR count). The molecule has 5 nitrogen and oxygen atoms in total. The van der Waals surface area contributed by atoms with Gasteiger partial charge in [-0.1, -0.05) is 6.92 Å². The summed E-state index contributed by atoms with van der Waals surface area (Å²) in [5, 5.41) is 6.40. The lowest BCUT2D eigenvalue weighted by Gasteiger charge is -2.32. The molecule has 2 N–H and O–H groups in total. The molecule has 0 radical (unpaired) electrons. The molecule has 1 fully saturated rings. The number of piperidine rings is 1. The largest absolute Gasteiger partial charge is 0.482 e. The first kappa shape index (κ1) is 14.2. The Balaban J connectivity index is 1.58.